The minimum Gasteiger partial charge on any atom is -0.494 e. The minimum atomic E-state index is -3.40. The Labute approximate surface area is 225 Å². The standard InChI is InChI=1S/C28H37ClN4O3S/c1-18(22-15-26-28(27(16-22)36-3)33(2)32-31-26)21-10-13-25(29)23(14-21)17-30-37(34,35)24-11-8-20(9-12-24)19-6-4-5-7-19/h10,13-16,18-20,24,30H,4-9,11-12,17H2,1-3H3. The molecule has 2 aliphatic rings. The predicted molar refractivity (Wildman–Crippen MR) is 147 cm³/mol. The summed E-state index contributed by atoms with van der Waals surface area (Å²) in [5.41, 5.74) is 4.48. The summed E-state index contributed by atoms with van der Waals surface area (Å²) < 4.78 is 36.5. The molecule has 2 aromatic carbocycles. The van der Waals surface area contributed by atoms with E-state index in [1.54, 1.807) is 11.8 Å². The molecule has 3 aromatic rings. The Morgan fingerprint density at radius 1 is 1.05 bits per heavy atom. The zero-order valence-corrected chi connectivity index (χ0v) is 23.5. The quantitative estimate of drug-likeness (QED) is 0.378. The molecule has 7 nitrogen and oxygen atoms in total. The van der Waals surface area contributed by atoms with Crippen LogP contribution in [0.15, 0.2) is 30.3 Å². The van der Waals surface area contributed by atoms with E-state index in [1.165, 1.54) is 25.7 Å². The monoisotopic (exact) mass is 544 g/mol. The number of nitrogens with zero attached hydrogens (tertiary/aromatic N) is 3. The molecule has 0 saturated heterocycles. The molecule has 0 bridgehead atoms. The Bertz CT molecular complexity index is 1360. The SMILES string of the molecule is COc1cc(C(C)c2ccc(Cl)c(CNS(=O)(=O)C3CCC(C4CCCC4)CC3)c2)cc2nnn(C)c12. The molecule has 1 aromatic heterocycles. The molecule has 0 spiro atoms. The number of benzene rings is 2. The number of hydrogen-bond donors (Lipinski definition) is 1. The second-order valence-corrected chi connectivity index (χ2v) is 13.3. The van der Waals surface area contributed by atoms with Crippen molar-refractivity contribution in [2.45, 2.75) is 76.0 Å². The van der Waals surface area contributed by atoms with Gasteiger partial charge in [-0.2, -0.15) is 0 Å². The van der Waals surface area contributed by atoms with E-state index in [0.717, 1.165) is 65.1 Å². The maximum Gasteiger partial charge on any atom is 0.214 e. The van der Waals surface area contributed by atoms with Crippen LogP contribution < -0.4 is 9.46 Å². The number of rotatable bonds is 8. The molecule has 0 amide bonds. The highest BCUT2D eigenvalue weighted by atomic mass is 35.5. The molecular weight excluding hydrogens is 508 g/mol. The van der Waals surface area contributed by atoms with E-state index >= 15 is 0 Å². The third-order valence-corrected chi connectivity index (χ3v) is 10.9. The van der Waals surface area contributed by atoms with Crippen LogP contribution in [0.5, 0.6) is 5.75 Å². The number of hydrogen-bond acceptors (Lipinski definition) is 5. The number of nitrogens with one attached hydrogen (secondary N) is 1. The van der Waals surface area contributed by atoms with E-state index in [9.17, 15) is 8.42 Å². The van der Waals surface area contributed by atoms with Gasteiger partial charge in [-0.3, -0.25) is 0 Å². The fourth-order valence-corrected chi connectivity index (χ4v) is 8.04. The van der Waals surface area contributed by atoms with Crippen LogP contribution >= 0.6 is 11.6 Å². The average molecular weight is 545 g/mol. The van der Waals surface area contributed by atoms with E-state index < -0.39 is 10.0 Å². The molecule has 9 heteroatoms. The lowest BCUT2D eigenvalue weighted by atomic mass is 9.79. The first-order chi connectivity index (χ1) is 17.8. The zero-order valence-electron chi connectivity index (χ0n) is 21.9. The van der Waals surface area contributed by atoms with Crippen LogP contribution in [0.25, 0.3) is 11.0 Å². The van der Waals surface area contributed by atoms with Gasteiger partial charge in [-0.25, -0.2) is 17.8 Å². The van der Waals surface area contributed by atoms with Crippen molar-refractivity contribution in [1.29, 1.82) is 0 Å². The first-order valence-electron chi connectivity index (χ1n) is 13.4. The van der Waals surface area contributed by atoms with Gasteiger partial charge < -0.3 is 4.74 Å². The summed E-state index contributed by atoms with van der Waals surface area (Å²) in [6, 6.07) is 9.87. The van der Waals surface area contributed by atoms with Crippen LogP contribution in [-0.2, 0) is 23.6 Å². The topological polar surface area (TPSA) is 86.1 Å². The van der Waals surface area contributed by atoms with Crippen LogP contribution in [0, 0.1) is 11.8 Å². The van der Waals surface area contributed by atoms with Crippen molar-refractivity contribution in [3.63, 3.8) is 0 Å². The van der Waals surface area contributed by atoms with Crippen molar-refractivity contribution in [3.05, 3.63) is 52.0 Å². The van der Waals surface area contributed by atoms with E-state index in [2.05, 4.69) is 22.0 Å². The molecule has 1 atom stereocenters. The Hall–Kier alpha value is -2.16. The summed E-state index contributed by atoms with van der Waals surface area (Å²) in [5.74, 6) is 2.27. The molecule has 200 valence electrons. The van der Waals surface area contributed by atoms with Crippen molar-refractivity contribution in [2.24, 2.45) is 18.9 Å². The van der Waals surface area contributed by atoms with Crippen LogP contribution in [0.2, 0.25) is 5.02 Å². The average Bonchev–Trinajstić information content (AvgIpc) is 3.58. The maximum absolute atomic E-state index is 13.2. The lowest BCUT2D eigenvalue weighted by Crippen LogP contribution is -2.37. The fraction of sp³-hybridized carbons (Fsp3) is 0.571. The van der Waals surface area contributed by atoms with Crippen LogP contribution in [0.4, 0.5) is 0 Å². The van der Waals surface area contributed by atoms with E-state index in [-0.39, 0.29) is 17.7 Å². The first kappa shape index (κ1) is 26.4. The van der Waals surface area contributed by atoms with Crippen molar-refractivity contribution >= 4 is 32.7 Å². The molecule has 1 unspecified atom stereocenters. The summed E-state index contributed by atoms with van der Waals surface area (Å²) in [6.07, 6.45) is 8.91. The van der Waals surface area contributed by atoms with Gasteiger partial charge in [-0.1, -0.05) is 61.6 Å². The molecule has 0 radical (unpaired) electrons. The molecule has 2 fully saturated rings. The first-order valence-corrected chi connectivity index (χ1v) is 15.3. The third-order valence-electron chi connectivity index (χ3n) is 8.67. The number of aromatic nitrogens is 3. The highest BCUT2D eigenvalue weighted by Gasteiger charge is 2.34. The summed E-state index contributed by atoms with van der Waals surface area (Å²) in [5, 5.41) is 8.63. The second-order valence-electron chi connectivity index (χ2n) is 10.8. The Kier molecular flexibility index (Phi) is 7.80. The van der Waals surface area contributed by atoms with Crippen molar-refractivity contribution < 1.29 is 13.2 Å². The number of aryl methyl sites for hydroxylation is 1. The van der Waals surface area contributed by atoms with Gasteiger partial charge in [0.2, 0.25) is 10.0 Å². The zero-order chi connectivity index (χ0) is 26.2. The number of ether oxygens (including phenoxy) is 1. The molecule has 37 heavy (non-hydrogen) atoms. The summed E-state index contributed by atoms with van der Waals surface area (Å²) in [6.45, 7) is 2.30. The Balaban J connectivity index is 1.28. The second kappa shape index (κ2) is 10.9. The number of halogens is 1. The van der Waals surface area contributed by atoms with Gasteiger partial charge in [-0.05, 0) is 72.4 Å². The van der Waals surface area contributed by atoms with E-state index in [0.29, 0.717) is 10.9 Å². The molecule has 1 N–H and O–H groups in total. The van der Waals surface area contributed by atoms with Crippen molar-refractivity contribution in [3.8, 4) is 5.75 Å². The van der Waals surface area contributed by atoms with Crippen LogP contribution in [0.3, 0.4) is 0 Å². The highest BCUT2D eigenvalue weighted by molar-refractivity contribution is 7.90. The number of methoxy groups -OCH3 is 1. The summed E-state index contributed by atoms with van der Waals surface area (Å²) in [7, 11) is 0.0806. The molecule has 2 saturated carbocycles. The lowest BCUT2D eigenvalue weighted by molar-refractivity contribution is 0.252. The van der Waals surface area contributed by atoms with Gasteiger partial charge in [0.15, 0.2) is 0 Å². The van der Waals surface area contributed by atoms with Crippen LogP contribution in [0.1, 0.15) is 80.9 Å². The molecule has 2 aliphatic carbocycles. The maximum atomic E-state index is 13.2. The summed E-state index contributed by atoms with van der Waals surface area (Å²) in [4.78, 5) is 0. The Morgan fingerprint density at radius 3 is 2.46 bits per heavy atom. The molecule has 5 rings (SSSR count). The molecular formula is C28H37ClN4O3S. The molecule has 1 heterocycles. The fourth-order valence-electron chi connectivity index (χ4n) is 6.37. The number of sulfonamides is 1. The van der Waals surface area contributed by atoms with Gasteiger partial charge in [0, 0.05) is 24.5 Å². The minimum absolute atomic E-state index is 0.0267. The van der Waals surface area contributed by atoms with E-state index in [1.807, 2.05) is 37.4 Å². The van der Waals surface area contributed by atoms with E-state index in [4.69, 9.17) is 16.3 Å². The predicted octanol–water partition coefficient (Wildman–Crippen LogP) is 5.95. The van der Waals surface area contributed by atoms with Gasteiger partial charge >= 0.3 is 0 Å². The smallest absolute Gasteiger partial charge is 0.214 e. The van der Waals surface area contributed by atoms with Gasteiger partial charge in [0.25, 0.3) is 0 Å². The lowest BCUT2D eigenvalue weighted by Gasteiger charge is -2.32. The third kappa shape index (κ3) is 5.52. The Morgan fingerprint density at radius 2 is 1.76 bits per heavy atom. The van der Waals surface area contributed by atoms with Crippen LogP contribution in [-0.4, -0.2) is 35.8 Å². The van der Waals surface area contributed by atoms with Crippen molar-refractivity contribution in [1.82, 2.24) is 19.7 Å². The summed E-state index contributed by atoms with van der Waals surface area (Å²) >= 11 is 6.51. The van der Waals surface area contributed by atoms with Gasteiger partial charge in [0.1, 0.15) is 16.8 Å². The molecule has 0 aliphatic heterocycles. The van der Waals surface area contributed by atoms with Gasteiger partial charge in [-0.15, -0.1) is 5.10 Å². The largest absolute Gasteiger partial charge is 0.494 e. The van der Waals surface area contributed by atoms with Crippen molar-refractivity contribution in [2.75, 3.05) is 7.11 Å². The van der Waals surface area contributed by atoms with Gasteiger partial charge in [0.05, 0.1) is 12.4 Å². The normalized spacial score (nSPS) is 21.9. The highest BCUT2D eigenvalue weighted by Crippen LogP contribution is 2.40. The number of fused-ring (bicyclic) bond motifs is 1.